The Hall–Kier alpha value is -2.70. The van der Waals surface area contributed by atoms with Crippen LogP contribution in [-0.2, 0) is 11.3 Å². The average Bonchev–Trinajstić information content (AvgIpc) is 2.81. The molecule has 0 aliphatic heterocycles. The van der Waals surface area contributed by atoms with E-state index in [1.807, 2.05) is 36.4 Å². The van der Waals surface area contributed by atoms with Gasteiger partial charge in [-0.25, -0.2) is 0 Å². The molecule has 2 aromatic rings. The van der Waals surface area contributed by atoms with Crippen LogP contribution in [0.15, 0.2) is 54.6 Å². The zero-order valence-corrected chi connectivity index (χ0v) is 17.3. The van der Waals surface area contributed by atoms with Gasteiger partial charge >= 0.3 is 0 Å². The molecule has 0 spiro atoms. The Bertz CT molecular complexity index is 832. The van der Waals surface area contributed by atoms with Gasteiger partial charge in [0.1, 0.15) is 6.04 Å². The van der Waals surface area contributed by atoms with Crippen LogP contribution in [-0.4, -0.2) is 24.9 Å². The monoisotopic (exact) mass is 408 g/mol. The minimum atomic E-state index is -0.749. The fraction of sp³-hybridized carbons (Fsp3) is 0.417. The highest BCUT2D eigenvalue weighted by Gasteiger charge is 2.25. The zero-order valence-electron chi connectivity index (χ0n) is 17.3. The predicted molar refractivity (Wildman–Crippen MR) is 118 cm³/mol. The van der Waals surface area contributed by atoms with Crippen LogP contribution >= 0.6 is 0 Å². The number of hydrogen-bond donors (Lipinski definition) is 4. The summed E-state index contributed by atoms with van der Waals surface area (Å²) in [6.45, 7) is 1.72. The van der Waals surface area contributed by atoms with Crippen LogP contribution in [0.25, 0.3) is 0 Å². The normalized spacial score (nSPS) is 19.7. The van der Waals surface area contributed by atoms with Gasteiger partial charge in [-0.2, -0.15) is 0 Å². The molecule has 1 aliphatic rings. The third-order valence-corrected chi connectivity index (χ3v) is 5.96. The highest BCUT2D eigenvalue weighted by molar-refractivity contribution is 5.98. The molecule has 1 atom stereocenters. The van der Waals surface area contributed by atoms with Crippen LogP contribution in [0.5, 0.6) is 0 Å². The molecule has 6 heteroatoms. The summed E-state index contributed by atoms with van der Waals surface area (Å²) in [6, 6.07) is 15.7. The first-order valence-electron chi connectivity index (χ1n) is 10.7. The van der Waals surface area contributed by atoms with Gasteiger partial charge in [-0.15, -0.1) is 0 Å². The lowest BCUT2D eigenvalue weighted by atomic mass is 9.82. The maximum Gasteiger partial charge on any atom is 0.252 e. The minimum Gasteiger partial charge on any atom is -0.354 e. The molecule has 1 saturated carbocycles. The molecule has 3 rings (SSSR count). The largest absolute Gasteiger partial charge is 0.354 e. The van der Waals surface area contributed by atoms with E-state index in [2.05, 4.69) is 10.6 Å². The molecular formula is C24H32N4O2. The molecule has 0 bridgehead atoms. The number of carbonyl (C=O) groups excluding carboxylic acids is 2. The van der Waals surface area contributed by atoms with Crippen molar-refractivity contribution in [2.75, 3.05) is 13.1 Å². The Kier molecular flexibility index (Phi) is 7.99. The fourth-order valence-electron chi connectivity index (χ4n) is 4.02. The van der Waals surface area contributed by atoms with Crippen LogP contribution in [0.1, 0.15) is 53.2 Å². The van der Waals surface area contributed by atoms with Gasteiger partial charge in [-0.1, -0.05) is 42.5 Å². The Morgan fingerprint density at radius 1 is 0.933 bits per heavy atom. The first-order chi connectivity index (χ1) is 14.6. The molecule has 0 heterocycles. The number of nitrogens with two attached hydrogens (primary N) is 2. The molecule has 2 amide bonds. The van der Waals surface area contributed by atoms with Crippen molar-refractivity contribution in [2.24, 2.45) is 23.3 Å². The van der Waals surface area contributed by atoms with E-state index >= 15 is 0 Å². The second-order valence-corrected chi connectivity index (χ2v) is 8.09. The third kappa shape index (κ3) is 5.90. The van der Waals surface area contributed by atoms with Crippen molar-refractivity contribution in [3.63, 3.8) is 0 Å². The second kappa shape index (κ2) is 10.9. The Labute approximate surface area is 178 Å². The molecule has 0 unspecified atom stereocenters. The first-order valence-corrected chi connectivity index (χ1v) is 10.7. The summed E-state index contributed by atoms with van der Waals surface area (Å²) in [4.78, 5) is 25.9. The van der Waals surface area contributed by atoms with E-state index in [-0.39, 0.29) is 11.8 Å². The average molecular weight is 409 g/mol. The topological polar surface area (TPSA) is 110 Å². The smallest absolute Gasteiger partial charge is 0.252 e. The summed E-state index contributed by atoms with van der Waals surface area (Å²) in [5.41, 5.74) is 13.6. The first kappa shape index (κ1) is 22.0. The van der Waals surface area contributed by atoms with Crippen molar-refractivity contribution in [1.82, 2.24) is 10.6 Å². The van der Waals surface area contributed by atoms with Crippen molar-refractivity contribution < 1.29 is 9.59 Å². The van der Waals surface area contributed by atoms with Gasteiger partial charge < -0.3 is 22.1 Å². The van der Waals surface area contributed by atoms with Crippen LogP contribution < -0.4 is 22.1 Å². The van der Waals surface area contributed by atoms with E-state index in [1.54, 1.807) is 18.2 Å². The Balaban J connectivity index is 1.66. The molecular weight excluding hydrogens is 376 g/mol. The summed E-state index contributed by atoms with van der Waals surface area (Å²) >= 11 is 0. The van der Waals surface area contributed by atoms with E-state index in [4.69, 9.17) is 11.5 Å². The summed E-state index contributed by atoms with van der Waals surface area (Å²) in [5.74, 6) is 0.589. The quantitative estimate of drug-likeness (QED) is 0.538. The Morgan fingerprint density at radius 3 is 2.30 bits per heavy atom. The molecule has 2 aromatic carbocycles. The number of hydrogen-bond acceptors (Lipinski definition) is 4. The molecule has 0 saturated heterocycles. The van der Waals surface area contributed by atoms with Crippen molar-refractivity contribution in [2.45, 2.75) is 38.3 Å². The maximum atomic E-state index is 13.0. The lowest BCUT2D eigenvalue weighted by molar-refractivity contribution is -0.123. The van der Waals surface area contributed by atoms with Crippen LogP contribution in [0, 0.1) is 11.8 Å². The fourth-order valence-corrected chi connectivity index (χ4v) is 4.02. The number of nitrogens with one attached hydrogen (secondary N) is 2. The van der Waals surface area contributed by atoms with Crippen LogP contribution in [0.3, 0.4) is 0 Å². The van der Waals surface area contributed by atoms with Gasteiger partial charge in [0.2, 0.25) is 5.91 Å². The zero-order chi connectivity index (χ0) is 21.3. The number of benzene rings is 2. The maximum absolute atomic E-state index is 13.0. The van der Waals surface area contributed by atoms with Crippen molar-refractivity contribution >= 4 is 11.8 Å². The number of rotatable bonds is 8. The van der Waals surface area contributed by atoms with Crippen molar-refractivity contribution in [3.05, 3.63) is 71.3 Å². The molecule has 30 heavy (non-hydrogen) atoms. The Morgan fingerprint density at radius 2 is 1.63 bits per heavy atom. The van der Waals surface area contributed by atoms with Crippen LogP contribution in [0.4, 0.5) is 0 Å². The van der Waals surface area contributed by atoms with E-state index in [0.29, 0.717) is 30.5 Å². The molecule has 1 aliphatic carbocycles. The second-order valence-electron chi connectivity index (χ2n) is 8.09. The van der Waals surface area contributed by atoms with E-state index in [1.165, 1.54) is 0 Å². The third-order valence-electron chi connectivity index (χ3n) is 5.96. The summed E-state index contributed by atoms with van der Waals surface area (Å²) < 4.78 is 0. The van der Waals surface area contributed by atoms with Gasteiger partial charge in [-0.05, 0) is 67.3 Å². The summed E-state index contributed by atoms with van der Waals surface area (Å²) in [7, 11) is 0. The van der Waals surface area contributed by atoms with Crippen LogP contribution in [0.2, 0.25) is 0 Å². The van der Waals surface area contributed by atoms with Gasteiger partial charge in [-0.3, -0.25) is 9.59 Å². The minimum absolute atomic E-state index is 0.189. The molecule has 0 aromatic heterocycles. The standard InChI is InChI=1S/C24H32N4O2/c25-14-17-9-11-18(12-10-17)16-27-24(30)22(20-6-2-1-3-7-20)28-23(29)21-8-4-5-19(13-21)15-26/h1-8,13,17-18,22H,9-12,14-16,25-26H2,(H,27,30)(H,28,29)/t17?,18?,22-/m1/s1. The van der Waals surface area contributed by atoms with E-state index in [9.17, 15) is 9.59 Å². The van der Waals surface area contributed by atoms with E-state index in [0.717, 1.165) is 43.4 Å². The summed E-state index contributed by atoms with van der Waals surface area (Å²) in [6.07, 6.45) is 4.40. The van der Waals surface area contributed by atoms with Gasteiger partial charge in [0.05, 0.1) is 0 Å². The molecule has 6 N–H and O–H groups in total. The van der Waals surface area contributed by atoms with E-state index < -0.39 is 6.04 Å². The van der Waals surface area contributed by atoms with Gasteiger partial charge in [0.25, 0.3) is 5.91 Å². The lowest BCUT2D eigenvalue weighted by Crippen LogP contribution is -2.42. The SMILES string of the molecule is NCc1cccc(C(=O)N[C@@H](C(=O)NCC2CCC(CN)CC2)c2ccccc2)c1. The summed E-state index contributed by atoms with van der Waals surface area (Å²) in [5, 5.41) is 5.95. The highest BCUT2D eigenvalue weighted by atomic mass is 16.2. The number of carbonyl (C=O) groups is 2. The van der Waals surface area contributed by atoms with Crippen molar-refractivity contribution in [3.8, 4) is 0 Å². The predicted octanol–water partition coefficient (Wildman–Crippen LogP) is 2.50. The molecule has 160 valence electrons. The molecule has 0 radical (unpaired) electrons. The molecule has 6 nitrogen and oxygen atoms in total. The van der Waals surface area contributed by atoms with Gasteiger partial charge in [0, 0.05) is 18.7 Å². The van der Waals surface area contributed by atoms with Gasteiger partial charge in [0.15, 0.2) is 0 Å². The lowest BCUT2D eigenvalue weighted by Gasteiger charge is -2.28. The van der Waals surface area contributed by atoms with Crippen molar-refractivity contribution in [1.29, 1.82) is 0 Å². The highest BCUT2D eigenvalue weighted by Crippen LogP contribution is 2.27. The molecule has 1 fully saturated rings. The number of amides is 2.